The number of fused-ring (bicyclic) bond motifs is 1. The van der Waals surface area contributed by atoms with Crippen molar-refractivity contribution in [3.05, 3.63) is 0 Å². The maximum atomic E-state index is 12.4. The Morgan fingerprint density at radius 3 is 2.37 bits per heavy atom. The van der Waals surface area contributed by atoms with E-state index in [1.807, 2.05) is 20.8 Å². The fourth-order valence-corrected chi connectivity index (χ4v) is 3.76. The second-order valence-electron chi connectivity index (χ2n) is 7.47. The number of rotatable bonds is 0. The predicted octanol–water partition coefficient (Wildman–Crippen LogP) is 3.14. The van der Waals surface area contributed by atoms with Crippen LogP contribution in [0.5, 0.6) is 0 Å². The second kappa shape index (κ2) is 4.65. The number of aliphatic hydroxyl groups is 1. The molecular weight excluding hydrogens is 242 g/mol. The summed E-state index contributed by atoms with van der Waals surface area (Å²) in [6.45, 7) is 9.67. The first kappa shape index (κ1) is 14.6. The van der Waals surface area contributed by atoms with Crippen LogP contribution in [0.1, 0.15) is 60.3 Å². The molecule has 0 spiro atoms. The zero-order chi connectivity index (χ0) is 14.4. The van der Waals surface area contributed by atoms with Crippen LogP contribution in [0.15, 0.2) is 0 Å². The van der Waals surface area contributed by atoms with E-state index in [0.29, 0.717) is 5.92 Å². The third-order valence-electron chi connectivity index (χ3n) is 4.59. The summed E-state index contributed by atoms with van der Waals surface area (Å²) < 4.78 is 5.46. The topological polar surface area (TPSA) is 49.8 Å². The summed E-state index contributed by atoms with van der Waals surface area (Å²) in [6, 6.07) is 0. The number of nitrogens with zero attached hydrogens (tertiary/aromatic N) is 1. The Hall–Kier alpha value is -0.770. The molecule has 110 valence electrons. The Labute approximate surface area is 116 Å². The molecule has 2 aliphatic rings. The van der Waals surface area contributed by atoms with Crippen LogP contribution in [0, 0.1) is 11.8 Å². The van der Waals surface area contributed by atoms with Crippen molar-refractivity contribution in [2.75, 3.05) is 0 Å². The summed E-state index contributed by atoms with van der Waals surface area (Å²) in [5.41, 5.74) is -0.854. The number of aliphatic hydroxyl groups excluding tert-OH is 1. The zero-order valence-corrected chi connectivity index (χ0v) is 12.8. The van der Waals surface area contributed by atoms with Gasteiger partial charge in [-0.1, -0.05) is 12.8 Å². The molecule has 19 heavy (non-hydrogen) atoms. The maximum Gasteiger partial charge on any atom is 0.412 e. The lowest BCUT2D eigenvalue weighted by Gasteiger charge is -2.38. The van der Waals surface area contributed by atoms with Crippen LogP contribution in [0.4, 0.5) is 4.79 Å². The van der Waals surface area contributed by atoms with Crippen molar-refractivity contribution in [1.29, 1.82) is 0 Å². The van der Waals surface area contributed by atoms with Crippen LogP contribution in [0.2, 0.25) is 0 Å². The lowest BCUT2D eigenvalue weighted by molar-refractivity contribution is -0.0482. The number of ether oxygens (including phenoxy) is 1. The molecule has 1 saturated carbocycles. The Morgan fingerprint density at radius 2 is 1.84 bits per heavy atom. The molecule has 0 aromatic rings. The van der Waals surface area contributed by atoms with Gasteiger partial charge in [-0.3, -0.25) is 4.90 Å². The molecule has 0 aromatic heterocycles. The molecule has 1 N–H and O–H groups in total. The highest BCUT2D eigenvalue weighted by Gasteiger charge is 2.56. The third-order valence-corrected chi connectivity index (χ3v) is 4.59. The number of amides is 1. The number of hydrogen-bond donors (Lipinski definition) is 1. The van der Waals surface area contributed by atoms with E-state index in [-0.39, 0.29) is 17.6 Å². The van der Waals surface area contributed by atoms with Crippen LogP contribution >= 0.6 is 0 Å². The van der Waals surface area contributed by atoms with Crippen LogP contribution < -0.4 is 0 Å². The predicted molar refractivity (Wildman–Crippen MR) is 73.6 cm³/mol. The molecule has 3 atom stereocenters. The second-order valence-corrected chi connectivity index (χ2v) is 7.47. The van der Waals surface area contributed by atoms with E-state index < -0.39 is 11.8 Å². The van der Waals surface area contributed by atoms with Crippen molar-refractivity contribution < 1.29 is 14.6 Å². The number of carbonyl (C=O) groups is 1. The van der Waals surface area contributed by atoms with Gasteiger partial charge >= 0.3 is 6.09 Å². The van der Waals surface area contributed by atoms with Gasteiger partial charge in [-0.25, -0.2) is 4.79 Å². The summed E-state index contributed by atoms with van der Waals surface area (Å²) >= 11 is 0. The fraction of sp³-hybridized carbons (Fsp3) is 0.933. The van der Waals surface area contributed by atoms with Gasteiger partial charge in [0.1, 0.15) is 11.8 Å². The van der Waals surface area contributed by atoms with Crippen LogP contribution in [-0.2, 0) is 4.74 Å². The minimum absolute atomic E-state index is 0.205. The molecule has 0 bridgehead atoms. The Morgan fingerprint density at radius 1 is 1.26 bits per heavy atom. The monoisotopic (exact) mass is 269 g/mol. The van der Waals surface area contributed by atoms with Crippen molar-refractivity contribution in [2.24, 2.45) is 11.8 Å². The van der Waals surface area contributed by atoms with Gasteiger partial charge in [0, 0.05) is 11.5 Å². The van der Waals surface area contributed by atoms with Crippen LogP contribution in [0.25, 0.3) is 0 Å². The number of hydrogen-bond acceptors (Lipinski definition) is 3. The van der Waals surface area contributed by atoms with Gasteiger partial charge in [0.05, 0.1) is 0 Å². The van der Waals surface area contributed by atoms with E-state index in [2.05, 4.69) is 13.8 Å². The Bertz CT molecular complexity index is 359. The van der Waals surface area contributed by atoms with Crippen molar-refractivity contribution in [1.82, 2.24) is 4.90 Å². The van der Waals surface area contributed by atoms with Crippen molar-refractivity contribution >= 4 is 6.09 Å². The van der Waals surface area contributed by atoms with Gasteiger partial charge in [-0.15, -0.1) is 0 Å². The van der Waals surface area contributed by atoms with Gasteiger partial charge in [-0.2, -0.15) is 0 Å². The molecule has 1 aliphatic carbocycles. The summed E-state index contributed by atoms with van der Waals surface area (Å²) in [4.78, 5) is 13.9. The molecular formula is C15H27NO3. The van der Waals surface area contributed by atoms with Gasteiger partial charge in [0.15, 0.2) is 0 Å². The third kappa shape index (κ3) is 2.60. The Kier molecular flexibility index (Phi) is 3.58. The lowest BCUT2D eigenvalue weighted by Crippen LogP contribution is -2.51. The quantitative estimate of drug-likeness (QED) is 0.735. The molecule has 4 heteroatoms. The average molecular weight is 269 g/mol. The van der Waals surface area contributed by atoms with Gasteiger partial charge in [0.25, 0.3) is 0 Å². The minimum Gasteiger partial charge on any atom is -0.444 e. The highest BCUT2D eigenvalue weighted by atomic mass is 16.6. The first-order valence-electron chi connectivity index (χ1n) is 7.35. The molecule has 0 radical (unpaired) electrons. The van der Waals surface area contributed by atoms with E-state index in [9.17, 15) is 9.90 Å². The minimum atomic E-state index is -0.699. The summed E-state index contributed by atoms with van der Waals surface area (Å²) in [5.74, 6) is 0.583. The normalized spacial score (nSPS) is 34.0. The van der Waals surface area contributed by atoms with Gasteiger partial charge in [0.2, 0.25) is 0 Å². The first-order chi connectivity index (χ1) is 8.64. The highest BCUT2D eigenvalue weighted by molar-refractivity contribution is 5.70. The van der Waals surface area contributed by atoms with E-state index in [0.717, 1.165) is 19.3 Å². The summed E-state index contributed by atoms with van der Waals surface area (Å²) in [6.07, 6.45) is 3.35. The van der Waals surface area contributed by atoms with Gasteiger partial charge in [-0.05, 0) is 53.4 Å². The standard InChI is InChI=1S/C15H27NO3/c1-14(2,3)19-13(18)16-12(17)10-8-6-7-9-11(10)15(16,4)5/h10-12,17H,6-9H2,1-5H3/t10-,11-,12?/m1/s1. The molecule has 1 saturated heterocycles. The maximum absolute atomic E-state index is 12.4. The zero-order valence-electron chi connectivity index (χ0n) is 12.8. The van der Waals surface area contributed by atoms with Crippen molar-refractivity contribution in [3.8, 4) is 0 Å². The van der Waals surface area contributed by atoms with E-state index in [1.165, 1.54) is 6.42 Å². The molecule has 0 aromatic carbocycles. The van der Waals surface area contributed by atoms with Crippen molar-refractivity contribution in [2.45, 2.75) is 77.7 Å². The van der Waals surface area contributed by atoms with Crippen LogP contribution in [0.3, 0.4) is 0 Å². The molecule has 2 fully saturated rings. The Balaban J connectivity index is 2.22. The molecule has 4 nitrogen and oxygen atoms in total. The molecule has 1 aliphatic heterocycles. The molecule has 1 heterocycles. The van der Waals surface area contributed by atoms with Gasteiger partial charge < -0.3 is 9.84 Å². The van der Waals surface area contributed by atoms with Crippen molar-refractivity contribution in [3.63, 3.8) is 0 Å². The summed E-state index contributed by atoms with van der Waals surface area (Å²) in [7, 11) is 0. The number of carbonyl (C=O) groups excluding carboxylic acids is 1. The van der Waals surface area contributed by atoms with Crippen LogP contribution in [-0.4, -0.2) is 33.5 Å². The number of likely N-dealkylation sites (tertiary alicyclic amines) is 1. The van der Waals surface area contributed by atoms with E-state index in [4.69, 9.17) is 4.74 Å². The molecule has 1 amide bonds. The average Bonchev–Trinajstić information content (AvgIpc) is 2.45. The SMILES string of the molecule is CC(C)(C)OC(=O)N1C(O)[C@@H]2CCCC[C@H]2C1(C)C. The fourth-order valence-electron chi connectivity index (χ4n) is 3.76. The first-order valence-corrected chi connectivity index (χ1v) is 7.35. The highest BCUT2D eigenvalue weighted by Crippen LogP contribution is 2.49. The van der Waals surface area contributed by atoms with E-state index in [1.54, 1.807) is 4.90 Å². The van der Waals surface area contributed by atoms with E-state index >= 15 is 0 Å². The lowest BCUT2D eigenvalue weighted by atomic mass is 9.73. The largest absolute Gasteiger partial charge is 0.444 e. The smallest absolute Gasteiger partial charge is 0.412 e. The molecule has 2 rings (SSSR count). The molecule has 1 unspecified atom stereocenters. The summed E-state index contributed by atoms with van der Waals surface area (Å²) in [5, 5.41) is 10.5.